The predicted molar refractivity (Wildman–Crippen MR) is 113 cm³/mol. The van der Waals surface area contributed by atoms with Crippen LogP contribution >= 0.6 is 12.4 Å². The summed E-state index contributed by atoms with van der Waals surface area (Å²) in [6.07, 6.45) is 0.508. The first-order chi connectivity index (χ1) is 12.9. The van der Waals surface area contributed by atoms with Crippen molar-refractivity contribution < 1.29 is 14.3 Å². The average Bonchev–Trinajstić information content (AvgIpc) is 2.69. The molecule has 2 aromatic rings. The Hall–Kier alpha value is -2.37. The molecule has 1 amide bonds. The number of benzene rings is 2. The fraction of sp³-hybridized carbons (Fsp3) is 0.364. The van der Waals surface area contributed by atoms with Crippen LogP contribution in [0.2, 0.25) is 0 Å². The largest absolute Gasteiger partial charge is 0.469 e. The van der Waals surface area contributed by atoms with Gasteiger partial charge in [0.15, 0.2) is 0 Å². The molecule has 0 aliphatic rings. The summed E-state index contributed by atoms with van der Waals surface area (Å²) in [4.78, 5) is 24.7. The van der Waals surface area contributed by atoms with E-state index in [1.165, 1.54) is 7.11 Å². The number of methoxy groups -OCH3 is 1. The summed E-state index contributed by atoms with van der Waals surface area (Å²) in [7, 11) is 1.36. The van der Waals surface area contributed by atoms with Crippen molar-refractivity contribution in [3.05, 3.63) is 71.3 Å². The van der Waals surface area contributed by atoms with Gasteiger partial charge >= 0.3 is 5.97 Å². The summed E-state index contributed by atoms with van der Waals surface area (Å²) in [5.74, 6) is -1.37. The van der Waals surface area contributed by atoms with E-state index in [1.54, 1.807) is 6.92 Å². The molecule has 2 rings (SSSR count). The average molecular weight is 405 g/mol. The van der Waals surface area contributed by atoms with Crippen LogP contribution in [0, 0.1) is 18.8 Å². The molecule has 0 saturated carbocycles. The first-order valence-electron chi connectivity index (χ1n) is 9.14. The predicted octanol–water partition coefficient (Wildman–Crippen LogP) is 3.20. The van der Waals surface area contributed by atoms with Crippen molar-refractivity contribution in [2.75, 3.05) is 13.7 Å². The summed E-state index contributed by atoms with van der Waals surface area (Å²) >= 11 is 0. The molecule has 5 nitrogen and oxygen atoms in total. The summed E-state index contributed by atoms with van der Waals surface area (Å²) < 4.78 is 4.91. The smallest absolute Gasteiger partial charge is 0.310 e. The quantitative estimate of drug-likeness (QED) is 0.662. The van der Waals surface area contributed by atoms with Crippen molar-refractivity contribution in [1.29, 1.82) is 0 Å². The van der Waals surface area contributed by atoms with Crippen molar-refractivity contribution in [2.24, 2.45) is 17.6 Å². The summed E-state index contributed by atoms with van der Waals surface area (Å²) in [5.41, 5.74) is 9.29. The maximum absolute atomic E-state index is 12.5. The van der Waals surface area contributed by atoms with E-state index in [-0.39, 0.29) is 30.8 Å². The van der Waals surface area contributed by atoms with Crippen LogP contribution in [0.1, 0.15) is 29.7 Å². The molecule has 0 aromatic heterocycles. The molecule has 0 saturated heterocycles. The minimum absolute atomic E-state index is 0. The second-order valence-corrected chi connectivity index (χ2v) is 6.88. The van der Waals surface area contributed by atoms with Gasteiger partial charge in [0, 0.05) is 12.6 Å². The van der Waals surface area contributed by atoms with Gasteiger partial charge in [-0.2, -0.15) is 0 Å². The van der Waals surface area contributed by atoms with Gasteiger partial charge in [-0.25, -0.2) is 0 Å². The fourth-order valence-corrected chi connectivity index (χ4v) is 3.04. The van der Waals surface area contributed by atoms with Crippen LogP contribution in [0.15, 0.2) is 54.6 Å². The van der Waals surface area contributed by atoms with Crippen molar-refractivity contribution in [2.45, 2.75) is 26.3 Å². The number of hydrogen-bond acceptors (Lipinski definition) is 4. The third-order valence-electron chi connectivity index (χ3n) is 4.76. The highest BCUT2D eigenvalue weighted by Gasteiger charge is 2.25. The Morgan fingerprint density at radius 1 is 1.11 bits per heavy atom. The minimum Gasteiger partial charge on any atom is -0.469 e. The lowest BCUT2D eigenvalue weighted by Gasteiger charge is -2.21. The zero-order valence-electron chi connectivity index (χ0n) is 16.6. The molecule has 0 radical (unpaired) electrons. The number of carbonyl (C=O) groups excluding carboxylic acids is 2. The fourth-order valence-electron chi connectivity index (χ4n) is 3.04. The highest BCUT2D eigenvalue weighted by Crippen LogP contribution is 2.19. The van der Waals surface area contributed by atoms with Gasteiger partial charge < -0.3 is 15.8 Å². The molecule has 2 aromatic carbocycles. The Labute approximate surface area is 173 Å². The molecular formula is C22H29ClN2O3. The standard InChI is InChI=1S/C22H28N2O3.ClH/c1-15-8-7-9-17(12-15)13-19(22(26)27-3)14-24-21(25)16(2)20(23)18-10-5-4-6-11-18;/h4-12,16,19-20H,13-14,23H2,1-3H3,(H,24,25);1H. The molecule has 3 N–H and O–H groups in total. The number of nitrogens with one attached hydrogen (secondary N) is 1. The Kier molecular flexibility index (Phi) is 9.69. The number of amides is 1. The first kappa shape index (κ1) is 23.7. The van der Waals surface area contributed by atoms with Crippen LogP contribution in [0.5, 0.6) is 0 Å². The van der Waals surface area contributed by atoms with E-state index >= 15 is 0 Å². The molecule has 0 heterocycles. The molecule has 3 atom stereocenters. The zero-order chi connectivity index (χ0) is 19.8. The molecule has 6 heteroatoms. The number of carbonyl (C=O) groups is 2. The maximum Gasteiger partial charge on any atom is 0.310 e. The summed E-state index contributed by atoms with van der Waals surface area (Å²) in [6.45, 7) is 4.01. The van der Waals surface area contributed by atoms with Crippen molar-refractivity contribution >= 4 is 24.3 Å². The molecule has 0 bridgehead atoms. The third kappa shape index (κ3) is 6.66. The van der Waals surface area contributed by atoms with Gasteiger partial charge in [0.1, 0.15) is 0 Å². The number of aryl methyl sites for hydroxylation is 1. The van der Waals surface area contributed by atoms with E-state index in [2.05, 4.69) is 5.32 Å². The van der Waals surface area contributed by atoms with E-state index in [0.29, 0.717) is 6.42 Å². The summed E-state index contributed by atoms with van der Waals surface area (Å²) in [5, 5.41) is 2.86. The summed E-state index contributed by atoms with van der Waals surface area (Å²) in [6, 6.07) is 17.1. The van der Waals surface area contributed by atoms with Crippen LogP contribution in [0.25, 0.3) is 0 Å². The van der Waals surface area contributed by atoms with Crippen LogP contribution in [0.3, 0.4) is 0 Å². The van der Waals surface area contributed by atoms with E-state index in [9.17, 15) is 9.59 Å². The van der Waals surface area contributed by atoms with E-state index in [1.807, 2.05) is 61.5 Å². The minimum atomic E-state index is -0.444. The number of ether oxygens (including phenoxy) is 1. The third-order valence-corrected chi connectivity index (χ3v) is 4.76. The molecule has 3 unspecified atom stereocenters. The number of esters is 1. The Morgan fingerprint density at radius 3 is 2.39 bits per heavy atom. The molecule has 0 aliphatic heterocycles. The molecule has 28 heavy (non-hydrogen) atoms. The highest BCUT2D eigenvalue weighted by molar-refractivity contribution is 5.85. The second-order valence-electron chi connectivity index (χ2n) is 6.88. The van der Waals surface area contributed by atoms with Gasteiger partial charge in [-0.1, -0.05) is 67.1 Å². The Bertz CT molecular complexity index is 767. The van der Waals surface area contributed by atoms with Crippen molar-refractivity contribution in [3.63, 3.8) is 0 Å². The van der Waals surface area contributed by atoms with Crippen LogP contribution in [-0.4, -0.2) is 25.5 Å². The SMILES string of the molecule is COC(=O)C(CNC(=O)C(C)C(N)c1ccccc1)Cc1cccc(C)c1.Cl. The topological polar surface area (TPSA) is 81.4 Å². The van der Waals surface area contributed by atoms with Gasteiger partial charge in [0.2, 0.25) is 5.91 Å². The Balaban J connectivity index is 0.00000392. The number of halogens is 1. The monoisotopic (exact) mass is 404 g/mol. The highest BCUT2D eigenvalue weighted by atomic mass is 35.5. The van der Waals surface area contributed by atoms with Crippen molar-refractivity contribution in [3.8, 4) is 0 Å². The van der Waals surface area contributed by atoms with E-state index < -0.39 is 17.9 Å². The van der Waals surface area contributed by atoms with Gasteiger partial charge in [0.05, 0.1) is 18.9 Å². The molecule has 0 spiro atoms. The lowest BCUT2D eigenvalue weighted by molar-refractivity contribution is -0.145. The molecular weight excluding hydrogens is 376 g/mol. The van der Waals surface area contributed by atoms with Crippen LogP contribution in [-0.2, 0) is 20.7 Å². The Morgan fingerprint density at radius 2 is 1.79 bits per heavy atom. The van der Waals surface area contributed by atoms with Gasteiger partial charge in [-0.05, 0) is 24.5 Å². The molecule has 152 valence electrons. The lowest BCUT2D eigenvalue weighted by atomic mass is 9.94. The second kappa shape index (κ2) is 11.5. The maximum atomic E-state index is 12.5. The van der Waals surface area contributed by atoms with E-state index in [0.717, 1.165) is 16.7 Å². The number of nitrogens with two attached hydrogens (primary N) is 1. The van der Waals surface area contributed by atoms with Gasteiger partial charge in [0.25, 0.3) is 0 Å². The molecule has 0 fully saturated rings. The normalized spacial score (nSPS) is 13.6. The van der Waals surface area contributed by atoms with Gasteiger partial charge in [-0.3, -0.25) is 9.59 Å². The molecule has 0 aliphatic carbocycles. The van der Waals surface area contributed by atoms with Gasteiger partial charge in [-0.15, -0.1) is 12.4 Å². The van der Waals surface area contributed by atoms with E-state index in [4.69, 9.17) is 10.5 Å². The first-order valence-corrected chi connectivity index (χ1v) is 9.14. The number of rotatable bonds is 8. The zero-order valence-corrected chi connectivity index (χ0v) is 17.4. The van der Waals surface area contributed by atoms with Crippen LogP contribution < -0.4 is 11.1 Å². The van der Waals surface area contributed by atoms with Crippen LogP contribution in [0.4, 0.5) is 0 Å². The lowest BCUT2D eigenvalue weighted by Crippen LogP contribution is -2.40. The number of hydrogen-bond donors (Lipinski definition) is 2. The van der Waals surface area contributed by atoms with Crippen molar-refractivity contribution in [1.82, 2.24) is 5.32 Å².